The van der Waals surface area contributed by atoms with Crippen molar-refractivity contribution in [3.05, 3.63) is 64.5 Å². The predicted octanol–water partition coefficient (Wildman–Crippen LogP) is 3.02. The van der Waals surface area contributed by atoms with Crippen molar-refractivity contribution in [2.45, 2.75) is 19.9 Å². The summed E-state index contributed by atoms with van der Waals surface area (Å²) in [6.07, 6.45) is 1.67. The van der Waals surface area contributed by atoms with E-state index < -0.39 is 17.7 Å². The van der Waals surface area contributed by atoms with Crippen LogP contribution in [-0.2, 0) is 0 Å². The SMILES string of the molecule is Cc1cnc(C(N)c2cccc(F)c2F)c(C)c1. The highest BCUT2D eigenvalue weighted by molar-refractivity contribution is 5.34. The summed E-state index contributed by atoms with van der Waals surface area (Å²) in [5.74, 6) is -1.81. The van der Waals surface area contributed by atoms with Gasteiger partial charge in [-0.1, -0.05) is 18.2 Å². The van der Waals surface area contributed by atoms with E-state index >= 15 is 0 Å². The summed E-state index contributed by atoms with van der Waals surface area (Å²) < 4.78 is 26.8. The number of hydrogen-bond donors (Lipinski definition) is 1. The van der Waals surface area contributed by atoms with Crippen molar-refractivity contribution in [1.29, 1.82) is 0 Å². The molecule has 2 nitrogen and oxygen atoms in total. The van der Waals surface area contributed by atoms with Gasteiger partial charge < -0.3 is 5.73 Å². The van der Waals surface area contributed by atoms with Crippen LogP contribution in [0.3, 0.4) is 0 Å². The Morgan fingerprint density at radius 1 is 1.22 bits per heavy atom. The third-order valence-corrected chi connectivity index (χ3v) is 2.87. The van der Waals surface area contributed by atoms with Gasteiger partial charge in [-0.25, -0.2) is 8.78 Å². The molecule has 1 aromatic carbocycles. The van der Waals surface area contributed by atoms with Crippen molar-refractivity contribution in [1.82, 2.24) is 4.98 Å². The molecule has 0 aliphatic rings. The lowest BCUT2D eigenvalue weighted by molar-refractivity contribution is 0.493. The number of halogens is 2. The van der Waals surface area contributed by atoms with Crippen molar-refractivity contribution >= 4 is 0 Å². The van der Waals surface area contributed by atoms with Crippen LogP contribution < -0.4 is 5.73 Å². The van der Waals surface area contributed by atoms with Gasteiger partial charge in [0.25, 0.3) is 0 Å². The van der Waals surface area contributed by atoms with Gasteiger partial charge in [-0.15, -0.1) is 0 Å². The third kappa shape index (κ3) is 2.24. The Morgan fingerprint density at radius 3 is 2.61 bits per heavy atom. The van der Waals surface area contributed by atoms with Crippen molar-refractivity contribution in [3.8, 4) is 0 Å². The zero-order chi connectivity index (χ0) is 13.3. The van der Waals surface area contributed by atoms with Crippen LogP contribution in [0.5, 0.6) is 0 Å². The number of aryl methyl sites for hydroxylation is 2. The van der Waals surface area contributed by atoms with E-state index in [-0.39, 0.29) is 5.56 Å². The van der Waals surface area contributed by atoms with E-state index in [4.69, 9.17) is 5.73 Å². The summed E-state index contributed by atoms with van der Waals surface area (Å²) in [6, 6.07) is 5.14. The number of pyridine rings is 1. The second-order valence-electron chi connectivity index (χ2n) is 4.34. The van der Waals surface area contributed by atoms with Gasteiger partial charge in [-0.2, -0.15) is 0 Å². The molecule has 0 aliphatic heterocycles. The molecule has 0 aliphatic carbocycles. The Balaban J connectivity index is 2.48. The van der Waals surface area contributed by atoms with E-state index in [0.29, 0.717) is 5.69 Å². The number of benzene rings is 1. The molecule has 0 fully saturated rings. The van der Waals surface area contributed by atoms with E-state index in [1.807, 2.05) is 19.9 Å². The minimum absolute atomic E-state index is 0.120. The van der Waals surface area contributed by atoms with Gasteiger partial charge in [0.1, 0.15) is 0 Å². The van der Waals surface area contributed by atoms with Crippen LogP contribution in [0.15, 0.2) is 30.5 Å². The largest absolute Gasteiger partial charge is 0.319 e. The van der Waals surface area contributed by atoms with Gasteiger partial charge >= 0.3 is 0 Å². The predicted molar refractivity (Wildman–Crippen MR) is 66.1 cm³/mol. The van der Waals surface area contributed by atoms with Crippen LogP contribution in [0.1, 0.15) is 28.4 Å². The smallest absolute Gasteiger partial charge is 0.163 e. The Kier molecular flexibility index (Phi) is 3.39. The van der Waals surface area contributed by atoms with Crippen LogP contribution in [0.25, 0.3) is 0 Å². The summed E-state index contributed by atoms with van der Waals surface area (Å²) >= 11 is 0. The lowest BCUT2D eigenvalue weighted by Gasteiger charge is -2.15. The fourth-order valence-corrected chi connectivity index (χ4v) is 1.96. The Bertz CT molecular complexity index is 582. The monoisotopic (exact) mass is 248 g/mol. The lowest BCUT2D eigenvalue weighted by Crippen LogP contribution is -2.17. The number of rotatable bonds is 2. The van der Waals surface area contributed by atoms with Crippen LogP contribution >= 0.6 is 0 Å². The average molecular weight is 248 g/mol. The topological polar surface area (TPSA) is 38.9 Å². The van der Waals surface area contributed by atoms with Gasteiger partial charge in [-0.05, 0) is 31.0 Å². The highest BCUT2D eigenvalue weighted by atomic mass is 19.2. The second kappa shape index (κ2) is 4.82. The second-order valence-corrected chi connectivity index (χ2v) is 4.34. The first-order chi connectivity index (χ1) is 8.50. The summed E-state index contributed by atoms with van der Waals surface area (Å²) in [5, 5.41) is 0. The summed E-state index contributed by atoms with van der Waals surface area (Å²) in [6.45, 7) is 3.77. The summed E-state index contributed by atoms with van der Waals surface area (Å²) in [7, 11) is 0. The number of nitrogens with zero attached hydrogens (tertiary/aromatic N) is 1. The summed E-state index contributed by atoms with van der Waals surface area (Å²) in [5.41, 5.74) is 8.52. The maximum atomic E-state index is 13.7. The standard InChI is InChI=1S/C14H14F2N2/c1-8-6-9(2)14(18-7-8)13(17)10-4-3-5-11(15)12(10)16/h3-7,13H,17H2,1-2H3. The first kappa shape index (κ1) is 12.6. The molecule has 2 aromatic rings. The van der Waals surface area contributed by atoms with Gasteiger partial charge in [-0.3, -0.25) is 4.98 Å². The minimum Gasteiger partial charge on any atom is -0.319 e. The molecule has 4 heteroatoms. The lowest BCUT2D eigenvalue weighted by atomic mass is 9.99. The van der Waals surface area contributed by atoms with E-state index in [2.05, 4.69) is 4.98 Å². The van der Waals surface area contributed by atoms with E-state index in [1.165, 1.54) is 12.1 Å². The van der Waals surface area contributed by atoms with Crippen LogP contribution in [0.2, 0.25) is 0 Å². The molecule has 0 spiro atoms. The highest BCUT2D eigenvalue weighted by Crippen LogP contribution is 2.24. The Morgan fingerprint density at radius 2 is 1.94 bits per heavy atom. The van der Waals surface area contributed by atoms with Crippen LogP contribution in [0, 0.1) is 25.5 Å². The maximum Gasteiger partial charge on any atom is 0.163 e. The minimum atomic E-state index is -0.910. The van der Waals surface area contributed by atoms with Gasteiger partial charge in [0, 0.05) is 11.8 Å². The fourth-order valence-electron chi connectivity index (χ4n) is 1.96. The molecule has 1 unspecified atom stereocenters. The van der Waals surface area contributed by atoms with Gasteiger partial charge in [0.15, 0.2) is 11.6 Å². The van der Waals surface area contributed by atoms with Crippen molar-refractivity contribution in [3.63, 3.8) is 0 Å². The average Bonchev–Trinajstić information content (AvgIpc) is 2.32. The molecule has 18 heavy (non-hydrogen) atoms. The molecule has 0 saturated carbocycles. The molecule has 0 amide bonds. The van der Waals surface area contributed by atoms with Crippen molar-refractivity contribution in [2.75, 3.05) is 0 Å². The molecular formula is C14H14F2N2. The van der Waals surface area contributed by atoms with E-state index in [1.54, 1.807) is 6.20 Å². The summed E-state index contributed by atoms with van der Waals surface area (Å²) in [4.78, 5) is 4.21. The molecule has 0 bridgehead atoms. The molecule has 94 valence electrons. The number of hydrogen-bond acceptors (Lipinski definition) is 2. The first-order valence-electron chi connectivity index (χ1n) is 5.63. The molecule has 1 heterocycles. The zero-order valence-electron chi connectivity index (χ0n) is 10.2. The van der Waals surface area contributed by atoms with E-state index in [0.717, 1.165) is 17.2 Å². The molecule has 0 radical (unpaired) electrons. The maximum absolute atomic E-state index is 13.7. The zero-order valence-corrected chi connectivity index (χ0v) is 10.2. The molecule has 2 N–H and O–H groups in total. The highest BCUT2D eigenvalue weighted by Gasteiger charge is 2.18. The van der Waals surface area contributed by atoms with E-state index in [9.17, 15) is 8.78 Å². The Labute approximate surface area is 104 Å². The van der Waals surface area contributed by atoms with Crippen LogP contribution in [-0.4, -0.2) is 4.98 Å². The number of aromatic nitrogens is 1. The van der Waals surface area contributed by atoms with Crippen molar-refractivity contribution in [2.24, 2.45) is 5.73 Å². The molecule has 0 saturated heterocycles. The van der Waals surface area contributed by atoms with Crippen LogP contribution in [0.4, 0.5) is 8.78 Å². The van der Waals surface area contributed by atoms with Gasteiger partial charge in [0.2, 0.25) is 0 Å². The molecule has 1 aromatic heterocycles. The molecule has 1 atom stereocenters. The van der Waals surface area contributed by atoms with Gasteiger partial charge in [0.05, 0.1) is 11.7 Å². The molecule has 2 rings (SSSR count). The first-order valence-corrected chi connectivity index (χ1v) is 5.63. The molecular weight excluding hydrogens is 234 g/mol. The number of nitrogens with two attached hydrogens (primary N) is 1. The quantitative estimate of drug-likeness (QED) is 0.887. The van der Waals surface area contributed by atoms with Crippen molar-refractivity contribution < 1.29 is 8.78 Å². The normalized spacial score (nSPS) is 12.5. The Hall–Kier alpha value is -1.81. The third-order valence-electron chi connectivity index (χ3n) is 2.87. The fraction of sp³-hybridized carbons (Fsp3) is 0.214.